The second-order valence-corrected chi connectivity index (χ2v) is 7.62. The Balaban J connectivity index is 1.63. The van der Waals surface area contributed by atoms with Crippen LogP contribution in [0, 0.1) is 10.1 Å². The fraction of sp³-hybridized carbons (Fsp3) is 0.350. The van der Waals surface area contributed by atoms with Gasteiger partial charge in [-0.25, -0.2) is 0 Å². The summed E-state index contributed by atoms with van der Waals surface area (Å²) in [7, 11) is 1.45. The van der Waals surface area contributed by atoms with Gasteiger partial charge < -0.3 is 10.1 Å². The number of nitro benzene ring substituents is 1. The average Bonchev–Trinajstić information content (AvgIpc) is 3.17. The molecule has 1 saturated heterocycles. The smallest absolute Gasteiger partial charge is 0.271 e. The number of methoxy groups -OCH3 is 1. The zero-order chi connectivity index (χ0) is 21.0. The molecule has 9 heteroatoms. The molecule has 1 heterocycles. The lowest BCUT2D eigenvalue weighted by molar-refractivity contribution is -0.384. The molecule has 29 heavy (non-hydrogen) atoms. The van der Waals surface area contributed by atoms with Crippen LogP contribution in [0.1, 0.15) is 30.9 Å². The highest BCUT2D eigenvalue weighted by atomic mass is 35.5. The fourth-order valence-corrected chi connectivity index (χ4v) is 3.86. The second-order valence-electron chi connectivity index (χ2n) is 6.81. The van der Waals surface area contributed by atoms with Gasteiger partial charge in [0.05, 0.1) is 27.8 Å². The molecular formula is C20H21Cl2N3O4. The number of anilines is 1. The molecule has 0 aliphatic carbocycles. The first-order chi connectivity index (χ1) is 13.9. The van der Waals surface area contributed by atoms with E-state index in [0.29, 0.717) is 22.3 Å². The van der Waals surface area contributed by atoms with Gasteiger partial charge in [0.2, 0.25) is 5.91 Å². The van der Waals surface area contributed by atoms with Crippen LogP contribution in [0.5, 0.6) is 5.75 Å². The number of nitro groups is 1. The number of hydrogen-bond donors (Lipinski definition) is 1. The first-order valence-corrected chi connectivity index (χ1v) is 9.96. The SMILES string of the molecule is COc1ccc([N+](=O)[O-])cc1NC(=O)CCN1CCCC1c1ccc(Cl)c(Cl)c1. The zero-order valence-corrected chi connectivity index (χ0v) is 17.4. The number of halogens is 2. The Morgan fingerprint density at radius 1 is 1.28 bits per heavy atom. The Kier molecular flexibility index (Phi) is 6.95. The first-order valence-electron chi connectivity index (χ1n) is 9.20. The summed E-state index contributed by atoms with van der Waals surface area (Å²) in [4.78, 5) is 25.2. The molecule has 2 aromatic carbocycles. The molecular weight excluding hydrogens is 417 g/mol. The molecule has 0 saturated carbocycles. The van der Waals surface area contributed by atoms with Crippen molar-refractivity contribution in [1.82, 2.24) is 4.90 Å². The van der Waals surface area contributed by atoms with E-state index >= 15 is 0 Å². The maximum atomic E-state index is 12.5. The molecule has 1 aliphatic heterocycles. The molecule has 0 spiro atoms. The summed E-state index contributed by atoms with van der Waals surface area (Å²) < 4.78 is 5.18. The van der Waals surface area contributed by atoms with Crippen LogP contribution in [0.4, 0.5) is 11.4 Å². The Morgan fingerprint density at radius 2 is 2.07 bits per heavy atom. The summed E-state index contributed by atoms with van der Waals surface area (Å²) in [5.41, 5.74) is 1.26. The van der Waals surface area contributed by atoms with E-state index in [9.17, 15) is 14.9 Å². The van der Waals surface area contributed by atoms with Crippen molar-refractivity contribution in [2.45, 2.75) is 25.3 Å². The van der Waals surface area contributed by atoms with Crippen molar-refractivity contribution < 1.29 is 14.5 Å². The molecule has 1 fully saturated rings. The van der Waals surface area contributed by atoms with E-state index in [1.807, 2.05) is 12.1 Å². The molecule has 1 amide bonds. The Morgan fingerprint density at radius 3 is 2.76 bits per heavy atom. The number of amides is 1. The quantitative estimate of drug-likeness (QED) is 0.482. The molecule has 0 aromatic heterocycles. The van der Waals surface area contributed by atoms with E-state index < -0.39 is 4.92 Å². The van der Waals surface area contributed by atoms with Crippen molar-refractivity contribution in [2.24, 2.45) is 0 Å². The zero-order valence-electron chi connectivity index (χ0n) is 15.9. The number of rotatable bonds is 7. The van der Waals surface area contributed by atoms with Gasteiger partial charge in [-0.15, -0.1) is 0 Å². The van der Waals surface area contributed by atoms with E-state index in [0.717, 1.165) is 24.9 Å². The molecule has 1 aliphatic rings. The lowest BCUT2D eigenvalue weighted by atomic mass is 10.0. The largest absolute Gasteiger partial charge is 0.495 e. The summed E-state index contributed by atoms with van der Waals surface area (Å²) in [6, 6.07) is 9.91. The van der Waals surface area contributed by atoms with E-state index in [2.05, 4.69) is 10.2 Å². The van der Waals surface area contributed by atoms with Crippen LogP contribution in [0.3, 0.4) is 0 Å². The van der Waals surface area contributed by atoms with Gasteiger partial charge >= 0.3 is 0 Å². The van der Waals surface area contributed by atoms with Crippen LogP contribution in [0.25, 0.3) is 0 Å². The number of non-ortho nitro benzene ring substituents is 1. The Labute approximate surface area is 178 Å². The van der Waals surface area contributed by atoms with Gasteiger partial charge in [-0.1, -0.05) is 29.3 Å². The van der Waals surface area contributed by atoms with Gasteiger partial charge in [-0.2, -0.15) is 0 Å². The van der Waals surface area contributed by atoms with E-state index in [1.54, 1.807) is 6.07 Å². The molecule has 1 N–H and O–H groups in total. The molecule has 3 rings (SSSR count). The molecule has 0 radical (unpaired) electrons. The number of carbonyl (C=O) groups is 1. The standard InChI is InChI=1S/C20H21Cl2N3O4/c1-29-19-7-5-14(25(27)28)12-17(19)23-20(26)8-10-24-9-2-3-18(24)13-4-6-15(21)16(22)11-13/h4-7,11-12,18H,2-3,8-10H2,1H3,(H,23,26). The Bertz CT molecular complexity index is 923. The molecule has 7 nitrogen and oxygen atoms in total. The van der Waals surface area contributed by atoms with Crippen LogP contribution in [-0.2, 0) is 4.79 Å². The first kappa shape index (κ1) is 21.4. The van der Waals surface area contributed by atoms with Crippen molar-refractivity contribution in [1.29, 1.82) is 0 Å². The Hall–Kier alpha value is -2.35. The summed E-state index contributed by atoms with van der Waals surface area (Å²) in [6.07, 6.45) is 2.27. The summed E-state index contributed by atoms with van der Waals surface area (Å²) in [6.45, 7) is 1.45. The third-order valence-electron chi connectivity index (χ3n) is 4.99. The second kappa shape index (κ2) is 9.43. The van der Waals surface area contributed by atoms with E-state index in [-0.39, 0.29) is 29.7 Å². The van der Waals surface area contributed by atoms with Gasteiger partial charge in [-0.3, -0.25) is 19.8 Å². The number of likely N-dealkylation sites (tertiary alicyclic amines) is 1. The van der Waals surface area contributed by atoms with Gasteiger partial charge in [0.15, 0.2) is 0 Å². The molecule has 1 atom stereocenters. The van der Waals surface area contributed by atoms with Gasteiger partial charge in [0.25, 0.3) is 5.69 Å². The van der Waals surface area contributed by atoms with Crippen molar-refractivity contribution in [2.75, 3.05) is 25.5 Å². The number of hydrogen-bond acceptors (Lipinski definition) is 5. The summed E-state index contributed by atoms with van der Waals surface area (Å²) in [5.74, 6) is 0.141. The number of nitrogens with zero attached hydrogens (tertiary/aromatic N) is 2. The molecule has 1 unspecified atom stereocenters. The van der Waals surface area contributed by atoms with Gasteiger partial charge in [0.1, 0.15) is 5.75 Å². The minimum atomic E-state index is -0.513. The van der Waals surface area contributed by atoms with Crippen molar-refractivity contribution in [3.63, 3.8) is 0 Å². The van der Waals surface area contributed by atoms with Gasteiger partial charge in [0, 0.05) is 31.1 Å². The van der Waals surface area contributed by atoms with E-state index in [4.69, 9.17) is 27.9 Å². The lowest BCUT2D eigenvalue weighted by Gasteiger charge is -2.25. The highest BCUT2D eigenvalue weighted by Crippen LogP contribution is 2.35. The van der Waals surface area contributed by atoms with Crippen LogP contribution >= 0.6 is 23.2 Å². The maximum Gasteiger partial charge on any atom is 0.271 e. The monoisotopic (exact) mass is 437 g/mol. The summed E-state index contributed by atoms with van der Waals surface area (Å²) >= 11 is 12.2. The molecule has 2 aromatic rings. The number of nitrogens with one attached hydrogen (secondary N) is 1. The maximum absolute atomic E-state index is 12.5. The number of carbonyl (C=O) groups excluding carboxylic acids is 1. The van der Waals surface area contributed by atoms with Crippen LogP contribution in [0.15, 0.2) is 36.4 Å². The molecule has 0 bridgehead atoms. The summed E-state index contributed by atoms with van der Waals surface area (Å²) in [5, 5.41) is 14.7. The highest BCUT2D eigenvalue weighted by Gasteiger charge is 2.26. The highest BCUT2D eigenvalue weighted by molar-refractivity contribution is 6.42. The minimum Gasteiger partial charge on any atom is -0.495 e. The predicted molar refractivity (Wildman–Crippen MR) is 113 cm³/mol. The number of benzene rings is 2. The van der Waals surface area contributed by atoms with Crippen molar-refractivity contribution in [3.05, 3.63) is 62.1 Å². The third kappa shape index (κ3) is 5.18. The van der Waals surface area contributed by atoms with Crippen LogP contribution in [0.2, 0.25) is 10.0 Å². The van der Waals surface area contributed by atoms with Crippen molar-refractivity contribution >= 4 is 40.5 Å². The van der Waals surface area contributed by atoms with Gasteiger partial charge in [-0.05, 0) is 43.1 Å². The minimum absolute atomic E-state index is 0.111. The van der Waals surface area contributed by atoms with Crippen LogP contribution < -0.4 is 10.1 Å². The molecule has 154 valence electrons. The fourth-order valence-electron chi connectivity index (χ4n) is 3.56. The van der Waals surface area contributed by atoms with E-state index in [1.165, 1.54) is 25.3 Å². The normalized spacial score (nSPS) is 16.6. The van der Waals surface area contributed by atoms with Crippen molar-refractivity contribution in [3.8, 4) is 5.75 Å². The average molecular weight is 438 g/mol. The number of ether oxygens (including phenoxy) is 1. The predicted octanol–water partition coefficient (Wildman–Crippen LogP) is 5.08. The third-order valence-corrected chi connectivity index (χ3v) is 5.73. The van der Waals surface area contributed by atoms with Crippen LogP contribution in [-0.4, -0.2) is 35.9 Å². The topological polar surface area (TPSA) is 84.7 Å². The lowest BCUT2D eigenvalue weighted by Crippen LogP contribution is -2.27.